The van der Waals surface area contributed by atoms with E-state index in [1.165, 1.54) is 4.90 Å². The molecule has 0 aromatic heterocycles. The maximum Gasteiger partial charge on any atom is 0.227 e. The molecule has 7 heteroatoms. The molecule has 120 valence electrons. The molecule has 2 amide bonds. The fourth-order valence-electron chi connectivity index (χ4n) is 2.52. The second-order valence-corrected chi connectivity index (χ2v) is 5.40. The van der Waals surface area contributed by atoms with Crippen molar-refractivity contribution in [2.75, 3.05) is 38.6 Å². The van der Waals surface area contributed by atoms with Gasteiger partial charge in [-0.2, -0.15) is 0 Å². The number of benzene rings is 1. The van der Waals surface area contributed by atoms with E-state index < -0.39 is 17.6 Å². The largest absolute Gasteiger partial charge is 0.344 e. The Kier molecular flexibility index (Phi) is 5.07. The number of carbonyl (C=O) groups is 2. The van der Waals surface area contributed by atoms with Gasteiger partial charge in [0.2, 0.25) is 11.8 Å². The topological polar surface area (TPSA) is 52.7 Å². The normalized spacial score (nSPS) is 17.9. The molecule has 1 heterocycles. The molecular formula is C15H19F2N3O2. The molecule has 1 aromatic carbocycles. The SMILES string of the molecule is CNCCN(C)C(=O)C1CC(=O)N(c2cc(F)cc(F)c2)C1. The van der Waals surface area contributed by atoms with Gasteiger partial charge >= 0.3 is 0 Å². The molecule has 1 fully saturated rings. The van der Waals surface area contributed by atoms with E-state index in [2.05, 4.69) is 5.32 Å². The average Bonchev–Trinajstić information content (AvgIpc) is 2.84. The molecule has 0 spiro atoms. The number of hydrogen-bond donors (Lipinski definition) is 1. The third-order valence-corrected chi connectivity index (χ3v) is 3.71. The summed E-state index contributed by atoms with van der Waals surface area (Å²) in [5.74, 6) is -2.42. The van der Waals surface area contributed by atoms with Crippen LogP contribution in [0.3, 0.4) is 0 Å². The first kappa shape index (κ1) is 16.4. The Balaban J connectivity index is 2.08. The van der Waals surface area contributed by atoms with E-state index in [1.54, 1.807) is 19.0 Å². The van der Waals surface area contributed by atoms with Crippen LogP contribution < -0.4 is 10.2 Å². The van der Waals surface area contributed by atoms with Crippen LogP contribution in [-0.4, -0.2) is 50.4 Å². The summed E-state index contributed by atoms with van der Waals surface area (Å²) in [5.41, 5.74) is 0.149. The van der Waals surface area contributed by atoms with E-state index in [0.29, 0.717) is 13.1 Å². The summed E-state index contributed by atoms with van der Waals surface area (Å²) in [6, 6.07) is 2.94. The Bertz CT molecular complexity index is 560. The van der Waals surface area contributed by atoms with Crippen molar-refractivity contribution < 1.29 is 18.4 Å². The van der Waals surface area contributed by atoms with Crippen LogP contribution in [0, 0.1) is 17.6 Å². The number of carbonyl (C=O) groups excluding carboxylic acids is 2. The van der Waals surface area contributed by atoms with Crippen molar-refractivity contribution in [2.45, 2.75) is 6.42 Å². The number of rotatable bonds is 5. The van der Waals surface area contributed by atoms with Crippen LogP contribution >= 0.6 is 0 Å². The van der Waals surface area contributed by atoms with Crippen molar-refractivity contribution in [1.29, 1.82) is 0 Å². The van der Waals surface area contributed by atoms with Gasteiger partial charge in [0.05, 0.1) is 5.92 Å². The van der Waals surface area contributed by atoms with Gasteiger partial charge in [-0.25, -0.2) is 8.78 Å². The molecule has 0 saturated carbocycles. The first-order chi connectivity index (χ1) is 10.4. The molecule has 2 rings (SSSR count). The maximum atomic E-state index is 13.3. The van der Waals surface area contributed by atoms with Crippen molar-refractivity contribution in [2.24, 2.45) is 5.92 Å². The molecule has 0 bridgehead atoms. The monoisotopic (exact) mass is 311 g/mol. The zero-order valence-corrected chi connectivity index (χ0v) is 12.6. The minimum Gasteiger partial charge on any atom is -0.344 e. The van der Waals surface area contributed by atoms with E-state index >= 15 is 0 Å². The number of anilines is 1. The molecule has 1 aliphatic heterocycles. The molecule has 0 radical (unpaired) electrons. The van der Waals surface area contributed by atoms with E-state index in [1.807, 2.05) is 0 Å². The van der Waals surface area contributed by atoms with E-state index in [0.717, 1.165) is 18.2 Å². The lowest BCUT2D eigenvalue weighted by atomic mass is 10.1. The minimum atomic E-state index is -0.747. The van der Waals surface area contributed by atoms with Crippen molar-refractivity contribution >= 4 is 17.5 Å². The lowest BCUT2D eigenvalue weighted by Crippen LogP contribution is -2.38. The number of nitrogens with zero attached hydrogens (tertiary/aromatic N) is 2. The lowest BCUT2D eigenvalue weighted by Gasteiger charge is -2.21. The summed E-state index contributed by atoms with van der Waals surface area (Å²) in [6.45, 7) is 1.33. The van der Waals surface area contributed by atoms with Crippen LogP contribution in [0.4, 0.5) is 14.5 Å². The molecule has 22 heavy (non-hydrogen) atoms. The molecular weight excluding hydrogens is 292 g/mol. The van der Waals surface area contributed by atoms with Gasteiger partial charge in [-0.1, -0.05) is 0 Å². The van der Waals surface area contributed by atoms with Crippen LogP contribution in [0.5, 0.6) is 0 Å². The van der Waals surface area contributed by atoms with Gasteiger partial charge in [-0.05, 0) is 19.2 Å². The summed E-state index contributed by atoms with van der Waals surface area (Å²) in [7, 11) is 3.46. The summed E-state index contributed by atoms with van der Waals surface area (Å²) >= 11 is 0. The summed E-state index contributed by atoms with van der Waals surface area (Å²) < 4.78 is 26.5. The predicted octanol–water partition coefficient (Wildman–Crippen LogP) is 0.996. The lowest BCUT2D eigenvalue weighted by molar-refractivity contribution is -0.134. The van der Waals surface area contributed by atoms with Crippen LogP contribution in [0.25, 0.3) is 0 Å². The number of hydrogen-bond acceptors (Lipinski definition) is 3. The molecule has 1 saturated heterocycles. The fourth-order valence-corrected chi connectivity index (χ4v) is 2.52. The average molecular weight is 311 g/mol. The molecule has 1 aliphatic rings. The van der Waals surface area contributed by atoms with E-state index in [4.69, 9.17) is 0 Å². The van der Waals surface area contributed by atoms with Crippen LogP contribution in [-0.2, 0) is 9.59 Å². The molecule has 1 atom stereocenters. The second-order valence-electron chi connectivity index (χ2n) is 5.40. The van der Waals surface area contributed by atoms with Gasteiger partial charge in [-0.15, -0.1) is 0 Å². The smallest absolute Gasteiger partial charge is 0.227 e. The van der Waals surface area contributed by atoms with Gasteiger partial charge in [0.1, 0.15) is 11.6 Å². The summed E-state index contributed by atoms with van der Waals surface area (Å²) in [4.78, 5) is 27.1. The second kappa shape index (κ2) is 6.83. The Morgan fingerprint density at radius 2 is 2.00 bits per heavy atom. The zero-order chi connectivity index (χ0) is 16.3. The maximum absolute atomic E-state index is 13.3. The van der Waals surface area contributed by atoms with Crippen LogP contribution in [0.2, 0.25) is 0 Å². The first-order valence-corrected chi connectivity index (χ1v) is 7.08. The van der Waals surface area contributed by atoms with Crippen molar-refractivity contribution in [3.63, 3.8) is 0 Å². The molecule has 5 nitrogen and oxygen atoms in total. The Morgan fingerprint density at radius 1 is 1.36 bits per heavy atom. The summed E-state index contributed by atoms with van der Waals surface area (Å²) in [5, 5.41) is 2.95. The van der Waals surface area contributed by atoms with Gasteiger partial charge < -0.3 is 15.1 Å². The van der Waals surface area contributed by atoms with Gasteiger partial charge in [0.15, 0.2) is 0 Å². The Labute approximate surface area is 127 Å². The van der Waals surface area contributed by atoms with Crippen molar-refractivity contribution in [3.05, 3.63) is 29.8 Å². The number of halogens is 2. The van der Waals surface area contributed by atoms with Crippen LogP contribution in [0.1, 0.15) is 6.42 Å². The molecule has 1 unspecified atom stereocenters. The first-order valence-electron chi connectivity index (χ1n) is 7.08. The molecule has 1 aromatic rings. The van der Waals surface area contributed by atoms with Crippen LogP contribution in [0.15, 0.2) is 18.2 Å². The summed E-state index contributed by atoms with van der Waals surface area (Å²) in [6.07, 6.45) is 0.0564. The number of nitrogens with one attached hydrogen (secondary N) is 1. The molecule has 1 N–H and O–H groups in total. The zero-order valence-electron chi connectivity index (χ0n) is 12.6. The quantitative estimate of drug-likeness (QED) is 0.882. The van der Waals surface area contributed by atoms with Gasteiger partial charge in [0, 0.05) is 44.9 Å². The highest BCUT2D eigenvalue weighted by atomic mass is 19.1. The minimum absolute atomic E-state index is 0.0564. The molecule has 0 aliphatic carbocycles. The number of amides is 2. The predicted molar refractivity (Wildman–Crippen MR) is 78.4 cm³/mol. The Morgan fingerprint density at radius 3 is 2.59 bits per heavy atom. The third-order valence-electron chi connectivity index (χ3n) is 3.71. The highest BCUT2D eigenvalue weighted by Gasteiger charge is 2.36. The van der Waals surface area contributed by atoms with E-state index in [9.17, 15) is 18.4 Å². The third kappa shape index (κ3) is 3.59. The fraction of sp³-hybridized carbons (Fsp3) is 0.467. The highest BCUT2D eigenvalue weighted by Crippen LogP contribution is 2.27. The van der Waals surface area contributed by atoms with Gasteiger partial charge in [-0.3, -0.25) is 9.59 Å². The highest BCUT2D eigenvalue weighted by molar-refractivity contribution is 6.00. The van der Waals surface area contributed by atoms with E-state index in [-0.39, 0.29) is 30.5 Å². The van der Waals surface area contributed by atoms with Crippen molar-refractivity contribution in [3.8, 4) is 0 Å². The standard InChI is InChI=1S/C15H19F2N3O2/c1-18-3-4-19(2)15(22)10-5-14(21)20(9-10)13-7-11(16)6-12(17)8-13/h6-8,10,18H,3-5,9H2,1-2H3. The van der Waals surface area contributed by atoms with Crippen molar-refractivity contribution in [1.82, 2.24) is 10.2 Å². The Hall–Kier alpha value is -2.02. The number of likely N-dealkylation sites (N-methyl/N-ethyl adjacent to an activating group) is 2. The van der Waals surface area contributed by atoms with Gasteiger partial charge in [0.25, 0.3) is 0 Å².